The molecule has 0 fully saturated rings. The fourth-order valence-electron chi connectivity index (χ4n) is 4.09. The van der Waals surface area contributed by atoms with Crippen LogP contribution < -0.4 is 4.90 Å². The molecule has 8 heteroatoms. The van der Waals surface area contributed by atoms with E-state index in [0.717, 1.165) is 36.5 Å². The summed E-state index contributed by atoms with van der Waals surface area (Å²) < 4.78 is 29.7. The van der Waals surface area contributed by atoms with Gasteiger partial charge in [0, 0.05) is 58.1 Å². The van der Waals surface area contributed by atoms with E-state index in [9.17, 15) is 13.2 Å². The second-order valence-electron chi connectivity index (χ2n) is 7.40. The quantitative estimate of drug-likeness (QED) is 0.799. The first-order valence-corrected chi connectivity index (χ1v) is 10.7. The number of nitrogens with zero attached hydrogens (tertiary/aromatic N) is 4. The van der Waals surface area contributed by atoms with E-state index >= 15 is 0 Å². The second kappa shape index (κ2) is 6.76. The number of amides is 1. The number of carbonyl (C=O) groups is 1. The second-order valence-corrected chi connectivity index (χ2v) is 9.44. The molecule has 1 amide bonds. The minimum absolute atomic E-state index is 0.0161. The topological polar surface area (TPSA) is 75.5 Å². The first-order valence-electron chi connectivity index (χ1n) is 9.23. The zero-order chi connectivity index (χ0) is 19.2. The van der Waals surface area contributed by atoms with Gasteiger partial charge in [-0.25, -0.2) is 17.7 Å². The third-order valence-corrected chi connectivity index (χ3v) is 7.40. The number of fused-ring (bicyclic) bond motifs is 2. The number of rotatable bonds is 4. The van der Waals surface area contributed by atoms with Crippen molar-refractivity contribution in [2.75, 3.05) is 25.0 Å². The van der Waals surface area contributed by atoms with Crippen LogP contribution in [0.3, 0.4) is 0 Å². The Morgan fingerprint density at radius 1 is 1.33 bits per heavy atom. The monoisotopic (exact) mass is 388 g/mol. The first-order chi connectivity index (χ1) is 12.9. The summed E-state index contributed by atoms with van der Waals surface area (Å²) >= 11 is 0. The highest BCUT2D eigenvalue weighted by Gasteiger charge is 2.29. The van der Waals surface area contributed by atoms with E-state index < -0.39 is 10.0 Å². The fraction of sp³-hybridized carbons (Fsp3) is 0.474. The number of aryl methyl sites for hydroxylation is 1. The van der Waals surface area contributed by atoms with Crippen LogP contribution in [-0.4, -0.2) is 48.3 Å². The number of hydrogen-bond donors (Lipinski definition) is 0. The van der Waals surface area contributed by atoms with Gasteiger partial charge in [-0.15, -0.1) is 0 Å². The van der Waals surface area contributed by atoms with E-state index in [1.165, 1.54) is 11.2 Å². The maximum atomic E-state index is 13.0. The van der Waals surface area contributed by atoms with Crippen LogP contribution in [0.5, 0.6) is 0 Å². The first kappa shape index (κ1) is 18.2. The Balaban J connectivity index is 1.51. The number of carbonyl (C=O) groups excluding carboxylic acids is 1. The van der Waals surface area contributed by atoms with E-state index in [2.05, 4.69) is 9.55 Å². The summed E-state index contributed by atoms with van der Waals surface area (Å²) in [5.41, 5.74) is 1.74. The maximum absolute atomic E-state index is 13.0. The largest absolute Gasteiger partial charge is 0.335 e. The molecule has 4 rings (SSSR count). The van der Waals surface area contributed by atoms with Crippen LogP contribution >= 0.6 is 0 Å². The molecule has 2 aliphatic rings. The highest BCUT2D eigenvalue weighted by molar-refractivity contribution is 7.89. The van der Waals surface area contributed by atoms with Crippen LogP contribution in [0.4, 0.5) is 5.69 Å². The number of imidazole rings is 1. The summed E-state index contributed by atoms with van der Waals surface area (Å²) in [7, 11) is -1.91. The third kappa shape index (κ3) is 3.27. The molecule has 0 bridgehead atoms. The van der Waals surface area contributed by atoms with E-state index in [-0.39, 0.29) is 11.8 Å². The van der Waals surface area contributed by atoms with E-state index in [1.54, 1.807) is 36.3 Å². The van der Waals surface area contributed by atoms with Crippen molar-refractivity contribution >= 4 is 21.6 Å². The molecule has 1 aromatic carbocycles. The third-order valence-electron chi connectivity index (χ3n) is 5.58. The molecule has 0 spiro atoms. The van der Waals surface area contributed by atoms with Gasteiger partial charge in [0.15, 0.2) is 0 Å². The van der Waals surface area contributed by atoms with Crippen molar-refractivity contribution in [3.63, 3.8) is 0 Å². The van der Waals surface area contributed by atoms with Crippen molar-refractivity contribution in [2.24, 2.45) is 5.92 Å². The molecule has 0 aliphatic carbocycles. The highest BCUT2D eigenvalue weighted by Crippen LogP contribution is 2.31. The fourth-order valence-corrected chi connectivity index (χ4v) is 5.39. The Bertz CT molecular complexity index is 983. The van der Waals surface area contributed by atoms with Crippen molar-refractivity contribution < 1.29 is 13.2 Å². The zero-order valence-electron chi connectivity index (χ0n) is 15.6. The summed E-state index contributed by atoms with van der Waals surface area (Å²) in [5, 5.41) is 0. The summed E-state index contributed by atoms with van der Waals surface area (Å²) in [6, 6.07) is 5.09. The van der Waals surface area contributed by atoms with Gasteiger partial charge in [0.05, 0.1) is 4.90 Å². The van der Waals surface area contributed by atoms with Gasteiger partial charge in [0.2, 0.25) is 15.9 Å². The number of aromatic nitrogens is 2. The molecular weight excluding hydrogens is 364 g/mol. The molecule has 0 radical (unpaired) electrons. The van der Waals surface area contributed by atoms with Gasteiger partial charge < -0.3 is 9.47 Å². The summed E-state index contributed by atoms with van der Waals surface area (Å²) in [5.74, 6) is 1.33. The standard InChI is InChI=1S/C19H24N4O3S/c1-14(24)23-9-7-16-11-17(4-5-18(16)23)27(25,26)21(2)12-15-3-6-19-20-8-10-22(19)13-15/h4-5,8,10-11,15H,3,6-7,9,12-13H2,1-2H3/t15-/m0/s1. The Labute approximate surface area is 159 Å². The minimum atomic E-state index is -3.56. The Morgan fingerprint density at radius 2 is 2.15 bits per heavy atom. The Hall–Kier alpha value is -2.19. The van der Waals surface area contributed by atoms with Crippen LogP contribution in [0.2, 0.25) is 0 Å². The smallest absolute Gasteiger partial charge is 0.242 e. The highest BCUT2D eigenvalue weighted by atomic mass is 32.2. The van der Waals surface area contributed by atoms with E-state index in [1.807, 2.05) is 6.20 Å². The maximum Gasteiger partial charge on any atom is 0.242 e. The summed E-state index contributed by atoms with van der Waals surface area (Å²) in [6.45, 7) is 3.42. The van der Waals surface area contributed by atoms with Crippen LogP contribution in [0, 0.1) is 5.92 Å². The SMILES string of the molecule is CC(=O)N1CCc2cc(S(=O)(=O)N(C)C[C@@H]3CCc4nccn4C3)ccc21. The van der Waals surface area contributed by atoms with Gasteiger partial charge >= 0.3 is 0 Å². The predicted molar refractivity (Wildman–Crippen MR) is 102 cm³/mol. The average molecular weight is 388 g/mol. The lowest BCUT2D eigenvalue weighted by Crippen LogP contribution is -2.35. The number of anilines is 1. The van der Waals surface area contributed by atoms with Gasteiger partial charge in [-0.1, -0.05) is 0 Å². The van der Waals surface area contributed by atoms with Gasteiger partial charge in [0.1, 0.15) is 5.82 Å². The molecule has 0 saturated heterocycles. The molecule has 1 atom stereocenters. The minimum Gasteiger partial charge on any atom is -0.335 e. The van der Waals surface area contributed by atoms with Crippen molar-refractivity contribution in [3.8, 4) is 0 Å². The lowest BCUT2D eigenvalue weighted by atomic mass is 10.00. The van der Waals surface area contributed by atoms with Gasteiger partial charge in [-0.2, -0.15) is 0 Å². The Kier molecular flexibility index (Phi) is 4.55. The zero-order valence-corrected chi connectivity index (χ0v) is 16.4. The van der Waals surface area contributed by atoms with Crippen LogP contribution in [0.15, 0.2) is 35.5 Å². The molecule has 3 heterocycles. The molecule has 7 nitrogen and oxygen atoms in total. The molecule has 2 aliphatic heterocycles. The van der Waals surface area contributed by atoms with Crippen molar-refractivity contribution in [1.82, 2.24) is 13.9 Å². The lowest BCUT2D eigenvalue weighted by molar-refractivity contribution is -0.116. The molecule has 1 aromatic heterocycles. The molecule has 144 valence electrons. The Morgan fingerprint density at radius 3 is 2.93 bits per heavy atom. The molecule has 0 unspecified atom stereocenters. The number of benzene rings is 1. The molecular formula is C19H24N4O3S. The molecule has 0 N–H and O–H groups in total. The van der Waals surface area contributed by atoms with E-state index in [4.69, 9.17) is 0 Å². The normalized spacial score (nSPS) is 19.2. The van der Waals surface area contributed by atoms with Crippen LogP contribution in [-0.2, 0) is 34.2 Å². The van der Waals surface area contributed by atoms with Gasteiger partial charge in [0.25, 0.3) is 0 Å². The predicted octanol–water partition coefficient (Wildman–Crippen LogP) is 1.68. The molecule has 27 heavy (non-hydrogen) atoms. The van der Waals surface area contributed by atoms with E-state index in [0.29, 0.717) is 24.4 Å². The van der Waals surface area contributed by atoms with Crippen molar-refractivity contribution in [3.05, 3.63) is 42.0 Å². The van der Waals surface area contributed by atoms with Gasteiger partial charge in [-0.3, -0.25) is 4.79 Å². The summed E-state index contributed by atoms with van der Waals surface area (Å²) in [6.07, 6.45) is 6.26. The van der Waals surface area contributed by atoms with Crippen molar-refractivity contribution in [1.29, 1.82) is 0 Å². The summed E-state index contributed by atoms with van der Waals surface area (Å²) in [4.78, 5) is 18.0. The molecule has 2 aromatic rings. The molecule has 0 saturated carbocycles. The van der Waals surface area contributed by atoms with Crippen molar-refractivity contribution in [2.45, 2.75) is 37.6 Å². The van der Waals surface area contributed by atoms with Gasteiger partial charge in [-0.05, 0) is 42.5 Å². The average Bonchev–Trinajstić information content (AvgIpc) is 3.27. The number of hydrogen-bond acceptors (Lipinski definition) is 4. The van der Waals surface area contributed by atoms with Crippen LogP contribution in [0.25, 0.3) is 0 Å². The lowest BCUT2D eigenvalue weighted by Gasteiger charge is -2.28. The van der Waals surface area contributed by atoms with Crippen LogP contribution in [0.1, 0.15) is 24.7 Å². The number of sulfonamides is 1.